The van der Waals surface area contributed by atoms with Gasteiger partial charge in [0.15, 0.2) is 0 Å². The number of nitrogens with zero attached hydrogens (tertiary/aromatic N) is 2. The van der Waals surface area contributed by atoms with Crippen molar-refractivity contribution in [2.45, 2.75) is 25.2 Å². The Kier molecular flexibility index (Phi) is 4.19. The molecule has 1 aromatic heterocycles. The van der Waals surface area contributed by atoms with Crippen LogP contribution in [0.15, 0.2) is 36.5 Å². The maximum absolute atomic E-state index is 12.9. The number of hydrogen-bond acceptors (Lipinski definition) is 4. The highest BCUT2D eigenvalue weighted by atomic mass is 16.5. The maximum Gasteiger partial charge on any atom is 0.234 e. The molecule has 23 heavy (non-hydrogen) atoms. The Balaban J connectivity index is 1.87. The van der Waals surface area contributed by atoms with Crippen LogP contribution in [0.3, 0.4) is 0 Å². The molecule has 1 aliphatic carbocycles. The van der Waals surface area contributed by atoms with Gasteiger partial charge in [0.2, 0.25) is 11.8 Å². The summed E-state index contributed by atoms with van der Waals surface area (Å²) in [6, 6.07) is 8.98. The largest absolute Gasteiger partial charge is 0.508 e. The predicted molar refractivity (Wildman–Crippen MR) is 88.0 cm³/mol. The van der Waals surface area contributed by atoms with Crippen LogP contribution < -0.4 is 9.64 Å². The molecule has 1 aliphatic rings. The highest BCUT2D eigenvalue weighted by molar-refractivity contribution is 5.98. The average molecular weight is 312 g/mol. The van der Waals surface area contributed by atoms with Gasteiger partial charge in [0, 0.05) is 13.1 Å². The molecule has 0 spiro atoms. The number of pyridine rings is 1. The number of amides is 1. The van der Waals surface area contributed by atoms with Crippen LogP contribution in [0, 0.1) is 0 Å². The van der Waals surface area contributed by atoms with E-state index in [9.17, 15) is 9.90 Å². The lowest BCUT2D eigenvalue weighted by Gasteiger charge is -2.29. The number of likely N-dealkylation sites (N-methyl/N-ethyl adjacent to an activating group) is 1. The third kappa shape index (κ3) is 2.86. The smallest absolute Gasteiger partial charge is 0.234 e. The molecule has 3 rings (SSSR count). The number of hydrogen-bond donors (Lipinski definition) is 1. The van der Waals surface area contributed by atoms with E-state index in [0.717, 1.165) is 36.1 Å². The summed E-state index contributed by atoms with van der Waals surface area (Å²) in [5.74, 6) is 0.595. The van der Waals surface area contributed by atoms with Gasteiger partial charge in [-0.2, -0.15) is 0 Å². The minimum atomic E-state index is -0.224. The van der Waals surface area contributed by atoms with E-state index >= 15 is 0 Å². The summed E-state index contributed by atoms with van der Waals surface area (Å²) in [6.45, 7) is 0. The summed E-state index contributed by atoms with van der Waals surface area (Å²) in [4.78, 5) is 18.7. The van der Waals surface area contributed by atoms with Crippen LogP contribution in [0.5, 0.6) is 11.6 Å². The van der Waals surface area contributed by atoms with Crippen molar-refractivity contribution in [2.24, 2.45) is 0 Å². The lowest BCUT2D eigenvalue weighted by atomic mass is 9.81. The number of benzene rings is 1. The Labute approximate surface area is 135 Å². The van der Waals surface area contributed by atoms with Gasteiger partial charge in [0.25, 0.3) is 0 Å². The fourth-order valence-corrected chi connectivity index (χ4v) is 3.14. The third-order valence-corrected chi connectivity index (χ3v) is 4.43. The van der Waals surface area contributed by atoms with E-state index in [-0.39, 0.29) is 17.6 Å². The van der Waals surface area contributed by atoms with Crippen LogP contribution in [-0.2, 0) is 11.2 Å². The fraction of sp³-hybridized carbons (Fsp3) is 0.333. The molecule has 2 aromatic rings. The Morgan fingerprint density at radius 2 is 2.17 bits per heavy atom. The summed E-state index contributed by atoms with van der Waals surface area (Å²) in [6.07, 6.45) is 4.14. The molecular weight excluding hydrogens is 292 g/mol. The van der Waals surface area contributed by atoms with Gasteiger partial charge in [-0.05, 0) is 42.5 Å². The average Bonchev–Trinajstić information content (AvgIpc) is 2.60. The van der Waals surface area contributed by atoms with Crippen LogP contribution in [-0.4, -0.2) is 30.2 Å². The molecular formula is C18H20N2O3. The van der Waals surface area contributed by atoms with Crippen molar-refractivity contribution in [2.75, 3.05) is 19.1 Å². The molecule has 0 radical (unpaired) electrons. The van der Waals surface area contributed by atoms with Crippen LogP contribution in [0.25, 0.3) is 0 Å². The van der Waals surface area contributed by atoms with Gasteiger partial charge in [-0.3, -0.25) is 4.79 Å². The van der Waals surface area contributed by atoms with Gasteiger partial charge in [-0.15, -0.1) is 0 Å². The summed E-state index contributed by atoms with van der Waals surface area (Å²) in [5.41, 5.74) is 2.57. The fourth-order valence-electron chi connectivity index (χ4n) is 3.14. The molecule has 5 nitrogen and oxygen atoms in total. The van der Waals surface area contributed by atoms with E-state index in [1.54, 1.807) is 43.5 Å². The molecule has 1 atom stereocenters. The number of aromatic hydroxyl groups is 1. The molecule has 0 bridgehead atoms. The molecule has 5 heteroatoms. The minimum absolute atomic E-state index is 0.0171. The van der Waals surface area contributed by atoms with Gasteiger partial charge >= 0.3 is 0 Å². The number of ether oxygens (including phenoxy) is 1. The number of aromatic nitrogens is 1. The highest BCUT2D eigenvalue weighted by Gasteiger charge is 2.30. The quantitative estimate of drug-likeness (QED) is 0.946. The second-order valence-electron chi connectivity index (χ2n) is 5.75. The van der Waals surface area contributed by atoms with Crippen LogP contribution in [0.1, 0.15) is 29.9 Å². The molecule has 120 valence electrons. The van der Waals surface area contributed by atoms with Crippen molar-refractivity contribution in [3.8, 4) is 11.6 Å². The van der Waals surface area contributed by atoms with Crippen molar-refractivity contribution >= 4 is 11.6 Å². The van der Waals surface area contributed by atoms with Crippen molar-refractivity contribution in [1.29, 1.82) is 0 Å². The molecule has 1 N–H and O–H groups in total. The highest BCUT2D eigenvalue weighted by Crippen LogP contribution is 2.37. The van der Waals surface area contributed by atoms with Crippen LogP contribution in [0.4, 0.5) is 5.69 Å². The Morgan fingerprint density at radius 3 is 2.87 bits per heavy atom. The monoisotopic (exact) mass is 312 g/mol. The van der Waals surface area contributed by atoms with Gasteiger partial charge < -0.3 is 14.7 Å². The van der Waals surface area contributed by atoms with Gasteiger partial charge in [0.05, 0.1) is 24.9 Å². The standard InChI is InChI=1S/C18H20N2O3/c1-20(12-9-10-17(23-2)19-11-12)18(22)15-7-3-6-14-13(15)5-4-8-16(14)21/h4-5,8-11,15,21H,3,6-7H2,1-2H3. The van der Waals surface area contributed by atoms with Crippen molar-refractivity contribution < 1.29 is 14.6 Å². The number of anilines is 1. The van der Waals surface area contributed by atoms with E-state index in [4.69, 9.17) is 4.74 Å². The summed E-state index contributed by atoms with van der Waals surface area (Å²) >= 11 is 0. The maximum atomic E-state index is 12.9. The van der Waals surface area contributed by atoms with E-state index in [2.05, 4.69) is 4.98 Å². The van der Waals surface area contributed by atoms with Crippen molar-refractivity contribution in [1.82, 2.24) is 4.98 Å². The summed E-state index contributed by atoms with van der Waals surface area (Å²) in [7, 11) is 3.31. The van der Waals surface area contributed by atoms with Crippen LogP contribution >= 0.6 is 0 Å². The zero-order valence-electron chi connectivity index (χ0n) is 13.3. The van der Waals surface area contributed by atoms with E-state index in [1.807, 2.05) is 12.1 Å². The second kappa shape index (κ2) is 6.28. The number of methoxy groups -OCH3 is 1. The molecule has 1 amide bonds. The number of carbonyl (C=O) groups is 1. The Morgan fingerprint density at radius 1 is 1.35 bits per heavy atom. The first kappa shape index (κ1) is 15.3. The van der Waals surface area contributed by atoms with E-state index in [0.29, 0.717) is 5.88 Å². The first-order valence-corrected chi connectivity index (χ1v) is 7.70. The van der Waals surface area contributed by atoms with E-state index < -0.39 is 0 Å². The number of phenolic OH excluding ortho intramolecular Hbond substituents is 1. The van der Waals surface area contributed by atoms with Gasteiger partial charge in [0.1, 0.15) is 5.75 Å². The first-order valence-electron chi connectivity index (χ1n) is 7.70. The van der Waals surface area contributed by atoms with Gasteiger partial charge in [-0.25, -0.2) is 4.98 Å². The Bertz CT molecular complexity index is 713. The number of fused-ring (bicyclic) bond motifs is 1. The molecule has 1 unspecified atom stereocenters. The number of carbonyl (C=O) groups excluding carboxylic acids is 1. The summed E-state index contributed by atoms with van der Waals surface area (Å²) < 4.78 is 5.04. The SMILES string of the molecule is COc1ccc(N(C)C(=O)C2CCCc3c(O)cccc32)cn1. The van der Waals surface area contributed by atoms with Crippen molar-refractivity contribution in [3.05, 3.63) is 47.7 Å². The molecule has 0 fully saturated rings. The molecule has 1 heterocycles. The first-order chi connectivity index (χ1) is 11.1. The summed E-state index contributed by atoms with van der Waals surface area (Å²) in [5, 5.41) is 10.0. The van der Waals surface area contributed by atoms with Crippen molar-refractivity contribution in [3.63, 3.8) is 0 Å². The normalized spacial score (nSPS) is 16.5. The zero-order chi connectivity index (χ0) is 16.4. The Hall–Kier alpha value is -2.56. The van der Waals surface area contributed by atoms with Crippen LogP contribution in [0.2, 0.25) is 0 Å². The van der Waals surface area contributed by atoms with E-state index in [1.165, 1.54) is 0 Å². The van der Waals surface area contributed by atoms with Gasteiger partial charge in [-0.1, -0.05) is 12.1 Å². The molecule has 1 aromatic carbocycles. The topological polar surface area (TPSA) is 62.7 Å². The zero-order valence-corrected chi connectivity index (χ0v) is 13.3. The lowest BCUT2D eigenvalue weighted by Crippen LogP contribution is -2.33. The number of rotatable bonds is 3. The molecule has 0 saturated carbocycles. The molecule has 0 aliphatic heterocycles. The number of phenols is 1. The molecule has 0 saturated heterocycles. The third-order valence-electron chi connectivity index (χ3n) is 4.43. The lowest BCUT2D eigenvalue weighted by molar-refractivity contribution is -0.120. The minimum Gasteiger partial charge on any atom is -0.508 e. The predicted octanol–water partition coefficient (Wildman–Crippen LogP) is 2.88. The second-order valence-corrected chi connectivity index (χ2v) is 5.75.